The number of benzene rings is 2. The van der Waals surface area contributed by atoms with E-state index in [1.54, 1.807) is 4.90 Å². The summed E-state index contributed by atoms with van der Waals surface area (Å²) < 4.78 is 42.5. The third-order valence-electron chi connectivity index (χ3n) is 11.0. The number of anilines is 2. The lowest BCUT2D eigenvalue weighted by molar-refractivity contribution is -0.144. The highest BCUT2D eigenvalue weighted by atomic mass is 35.5. The fourth-order valence-electron chi connectivity index (χ4n) is 7.92. The average molecular weight is 811 g/mol. The van der Waals surface area contributed by atoms with Crippen LogP contribution >= 0.6 is 11.6 Å². The van der Waals surface area contributed by atoms with E-state index >= 15 is 0 Å². The number of carboxylic acid groups (broad SMARTS) is 1. The molecule has 3 aliphatic heterocycles. The van der Waals surface area contributed by atoms with Gasteiger partial charge in [0, 0.05) is 72.9 Å². The van der Waals surface area contributed by atoms with Gasteiger partial charge in [-0.2, -0.15) is 5.10 Å². The van der Waals surface area contributed by atoms with Gasteiger partial charge in [0.25, 0.3) is 18.2 Å². The highest BCUT2D eigenvalue weighted by molar-refractivity contribution is 6.34. The number of hydrogen-bond acceptors (Lipinski definition) is 9. The van der Waals surface area contributed by atoms with Crippen molar-refractivity contribution in [1.82, 2.24) is 40.2 Å². The summed E-state index contributed by atoms with van der Waals surface area (Å²) in [5.74, 6) is -2.36. The Morgan fingerprint density at radius 2 is 1.70 bits per heavy atom. The molecule has 0 spiro atoms. The van der Waals surface area contributed by atoms with Gasteiger partial charge in [-0.15, -0.1) is 0 Å². The fraction of sp³-hybridized carbons (Fsp3) is 0.421. The largest absolute Gasteiger partial charge is 0.480 e. The van der Waals surface area contributed by atoms with Gasteiger partial charge in [-0.05, 0) is 87.3 Å². The van der Waals surface area contributed by atoms with Gasteiger partial charge in [-0.3, -0.25) is 29.2 Å². The van der Waals surface area contributed by atoms with Crippen molar-refractivity contribution in [2.45, 2.75) is 25.7 Å². The molecule has 0 aliphatic carbocycles. The molecule has 5 heterocycles. The summed E-state index contributed by atoms with van der Waals surface area (Å²) in [4.78, 5) is 64.0. The van der Waals surface area contributed by atoms with Crippen molar-refractivity contribution in [1.29, 1.82) is 0 Å². The number of carbonyl (C=O) groups excluding carboxylic acids is 3. The molecule has 0 saturated carbocycles. The van der Waals surface area contributed by atoms with Gasteiger partial charge in [0.2, 0.25) is 5.91 Å². The summed E-state index contributed by atoms with van der Waals surface area (Å²) in [6.45, 7) is 4.23. The number of halogens is 4. The van der Waals surface area contributed by atoms with E-state index in [-0.39, 0.29) is 92.8 Å². The summed E-state index contributed by atoms with van der Waals surface area (Å²) in [5, 5.41) is 21.4. The molecule has 4 aromatic rings. The van der Waals surface area contributed by atoms with Crippen LogP contribution in [-0.4, -0.2) is 123 Å². The number of piperidine rings is 1. The predicted molar refractivity (Wildman–Crippen MR) is 203 cm³/mol. The zero-order chi connectivity index (χ0) is 40.4. The molecule has 2 aromatic carbocycles. The van der Waals surface area contributed by atoms with Crippen LogP contribution in [0.5, 0.6) is 0 Å². The Balaban J connectivity index is 0.947. The Hall–Kier alpha value is -5.46. The number of carbonyl (C=O) groups is 4. The molecule has 3 saturated heterocycles. The van der Waals surface area contributed by atoms with Crippen LogP contribution in [0, 0.1) is 23.6 Å². The summed E-state index contributed by atoms with van der Waals surface area (Å²) >= 11 is 6.55. The summed E-state index contributed by atoms with van der Waals surface area (Å²) in [6.07, 6.45) is -0.265. The number of nitrogens with two attached hydrogens (primary N) is 1. The number of amides is 3. The van der Waals surface area contributed by atoms with Crippen molar-refractivity contribution < 1.29 is 37.5 Å². The monoisotopic (exact) mass is 810 g/mol. The minimum atomic E-state index is -2.93. The Bertz CT molecular complexity index is 2140. The number of H-pyrrole nitrogens is 2. The van der Waals surface area contributed by atoms with E-state index in [0.29, 0.717) is 39.3 Å². The second kappa shape index (κ2) is 17.0. The maximum atomic E-state index is 14.7. The minimum Gasteiger partial charge on any atom is -0.480 e. The normalized spacial score (nSPS) is 17.4. The second-order valence-corrected chi connectivity index (χ2v) is 15.1. The van der Waals surface area contributed by atoms with Crippen LogP contribution in [0.3, 0.4) is 0 Å². The Morgan fingerprint density at radius 1 is 0.982 bits per heavy atom. The van der Waals surface area contributed by atoms with Gasteiger partial charge in [0.15, 0.2) is 5.82 Å². The van der Waals surface area contributed by atoms with E-state index in [1.807, 2.05) is 9.80 Å². The molecule has 0 bridgehead atoms. The van der Waals surface area contributed by atoms with Crippen LogP contribution in [0.2, 0.25) is 5.02 Å². The van der Waals surface area contributed by atoms with Crippen molar-refractivity contribution >= 4 is 46.7 Å². The van der Waals surface area contributed by atoms with Crippen LogP contribution in [0.1, 0.15) is 57.2 Å². The molecule has 3 aliphatic rings. The lowest BCUT2D eigenvalue weighted by Crippen LogP contribution is -2.58. The van der Waals surface area contributed by atoms with E-state index in [4.69, 9.17) is 22.4 Å². The number of piperazine rings is 1. The van der Waals surface area contributed by atoms with Gasteiger partial charge in [-0.1, -0.05) is 11.6 Å². The molecule has 7 N–H and O–H groups in total. The molecule has 2 aromatic heterocycles. The topological polar surface area (TPSA) is 206 Å². The van der Waals surface area contributed by atoms with Gasteiger partial charge >= 0.3 is 5.97 Å². The van der Waals surface area contributed by atoms with Crippen molar-refractivity contribution in [3.8, 4) is 11.3 Å². The van der Waals surface area contributed by atoms with Gasteiger partial charge in [0.05, 0.1) is 22.8 Å². The van der Waals surface area contributed by atoms with Crippen molar-refractivity contribution in [2.24, 2.45) is 17.8 Å². The summed E-state index contributed by atoms with van der Waals surface area (Å²) in [6, 6.07) is 8.31. The van der Waals surface area contributed by atoms with Crippen molar-refractivity contribution in [2.75, 3.05) is 70.0 Å². The smallest absolute Gasteiger partial charge is 0.317 e. The SMILES string of the molecule is Nc1ccc(-c2n[nH]c(C(F)F)c2Cc2cnc(C(=O)Nc3ccc(C(=O)N4CCN(C(=O)C(C5CCN(CC(=O)O)CC5)C5CNC5)CC4)c(Cl)c3)[nH]2)c(F)c1. The zero-order valence-corrected chi connectivity index (χ0v) is 31.5. The number of hydrogen-bond donors (Lipinski definition) is 6. The first-order valence-electron chi connectivity index (χ1n) is 18.6. The number of aromatic nitrogens is 4. The van der Waals surface area contributed by atoms with Gasteiger partial charge in [0.1, 0.15) is 11.5 Å². The molecule has 57 heavy (non-hydrogen) atoms. The van der Waals surface area contributed by atoms with E-state index < -0.39 is 29.8 Å². The number of imidazole rings is 1. The third kappa shape index (κ3) is 8.77. The molecule has 302 valence electrons. The number of likely N-dealkylation sites (tertiary alicyclic amines) is 1. The molecule has 3 amide bonds. The fourth-order valence-corrected chi connectivity index (χ4v) is 8.18. The number of aliphatic carboxylic acids is 1. The van der Waals surface area contributed by atoms with E-state index in [0.717, 1.165) is 32.0 Å². The third-order valence-corrected chi connectivity index (χ3v) is 11.3. The Labute approximate surface area is 330 Å². The number of aromatic amines is 2. The average Bonchev–Trinajstić information content (AvgIpc) is 3.81. The van der Waals surface area contributed by atoms with E-state index in [9.17, 15) is 32.3 Å². The molecule has 19 heteroatoms. The molecule has 3 fully saturated rings. The first kappa shape index (κ1) is 39.8. The van der Waals surface area contributed by atoms with Crippen LogP contribution < -0.4 is 16.4 Å². The molecule has 0 radical (unpaired) electrons. The van der Waals surface area contributed by atoms with E-state index in [2.05, 4.69) is 30.8 Å². The van der Waals surface area contributed by atoms with Gasteiger partial charge < -0.3 is 36.3 Å². The van der Waals surface area contributed by atoms with Crippen LogP contribution in [0.4, 0.5) is 24.5 Å². The first-order chi connectivity index (χ1) is 27.4. The van der Waals surface area contributed by atoms with Crippen molar-refractivity contribution in [3.05, 3.63) is 81.8 Å². The maximum Gasteiger partial charge on any atom is 0.317 e. The lowest BCUT2D eigenvalue weighted by atomic mass is 9.73. The predicted octanol–water partition coefficient (Wildman–Crippen LogP) is 3.87. The quantitative estimate of drug-likeness (QED) is 0.114. The summed E-state index contributed by atoms with van der Waals surface area (Å²) in [7, 11) is 0. The van der Waals surface area contributed by atoms with Crippen molar-refractivity contribution in [3.63, 3.8) is 0 Å². The number of alkyl halides is 2. The van der Waals surface area contributed by atoms with E-state index in [1.165, 1.54) is 36.5 Å². The number of rotatable bonds is 12. The highest BCUT2D eigenvalue weighted by Gasteiger charge is 2.42. The van der Waals surface area contributed by atoms with Crippen LogP contribution in [0.15, 0.2) is 42.6 Å². The number of carboxylic acids is 1. The maximum absolute atomic E-state index is 14.7. The lowest BCUT2D eigenvalue weighted by Gasteiger charge is -2.45. The van der Waals surface area contributed by atoms with Crippen LogP contribution in [0.25, 0.3) is 11.3 Å². The molecule has 7 rings (SSSR count). The molecule has 15 nitrogen and oxygen atoms in total. The molecule has 1 atom stereocenters. The van der Waals surface area contributed by atoms with Gasteiger partial charge in [-0.25, -0.2) is 18.2 Å². The second-order valence-electron chi connectivity index (χ2n) is 14.7. The Morgan fingerprint density at radius 3 is 2.33 bits per heavy atom. The summed E-state index contributed by atoms with van der Waals surface area (Å²) in [5.41, 5.74) is 6.06. The standard InChI is InChI=1S/C38H42ClF3N10O5/c39-28-15-23(47-36(55)35-45-18-24(46-35)14-27-32(48-49-33(27)34(41)42)26-3-1-22(43)13-29(26)40)2-4-25(28)37(56)51-9-11-52(12-10-51)38(57)31(21-16-44-17-21)20-5-7-50(8-6-20)19-30(53)54/h1-4,13,15,18,20-21,31,34,44H,5-12,14,16-17,19,43H2,(H,45,46)(H,47,55)(H,48,49)(H,53,54). The molecular formula is C38H42ClF3N10O5. The first-order valence-corrected chi connectivity index (χ1v) is 19.0. The molecular weight excluding hydrogens is 769 g/mol. The van der Waals surface area contributed by atoms with Crippen LogP contribution in [-0.2, 0) is 16.0 Å². The Kier molecular flexibility index (Phi) is 11.8. The molecule has 1 unspecified atom stereocenters. The minimum absolute atomic E-state index is 0.00248. The number of nitrogen functional groups attached to an aromatic ring is 1. The highest BCUT2D eigenvalue weighted by Crippen LogP contribution is 2.35. The zero-order valence-electron chi connectivity index (χ0n) is 30.7. The number of nitrogens with one attached hydrogen (secondary N) is 4. The number of nitrogens with zero attached hydrogens (tertiary/aromatic N) is 5.